The number of hydrogen-bond donors (Lipinski definition) is 0. The zero-order chi connectivity index (χ0) is 19.7. The molecular weight excluding hydrogens is 438 g/mol. The van der Waals surface area contributed by atoms with Gasteiger partial charge < -0.3 is 14.4 Å². The van der Waals surface area contributed by atoms with Crippen molar-refractivity contribution >= 4 is 32.9 Å². The fourth-order valence-corrected chi connectivity index (χ4v) is 5.82. The smallest absolute Gasteiger partial charge is 0.175 e. The van der Waals surface area contributed by atoms with Crippen molar-refractivity contribution in [3.8, 4) is 11.5 Å². The summed E-state index contributed by atoms with van der Waals surface area (Å²) >= 11 is 5.53. The molecule has 1 saturated heterocycles. The Morgan fingerprint density at radius 2 is 2.14 bits per heavy atom. The number of thioether (sulfide) groups is 1. The van der Waals surface area contributed by atoms with E-state index < -0.39 is 0 Å². The molecule has 0 bridgehead atoms. The first kappa shape index (κ1) is 19.6. The fourth-order valence-electron chi connectivity index (χ4n) is 3.90. The van der Waals surface area contributed by atoms with Gasteiger partial charge in [-0.1, -0.05) is 24.8 Å². The van der Waals surface area contributed by atoms with Gasteiger partial charge in [-0.15, -0.1) is 0 Å². The van der Waals surface area contributed by atoms with Gasteiger partial charge in [0, 0.05) is 18.0 Å². The van der Waals surface area contributed by atoms with Gasteiger partial charge in [0.15, 0.2) is 16.7 Å². The highest BCUT2D eigenvalue weighted by molar-refractivity contribution is 9.10. The standard InChI is InChI=1S/C21H24BrN3O2S/c1-4-14-12-28-21-24-18(16-8-6-7-9-23-16)19(25(14)21)13-10-15(22)20(27-5-2)17(11-13)26-3/h6-11,14,18-19H,4-5,12H2,1-3H3. The zero-order valence-electron chi connectivity index (χ0n) is 16.3. The molecule has 28 heavy (non-hydrogen) atoms. The minimum atomic E-state index is -0.0346. The molecule has 2 aliphatic heterocycles. The lowest BCUT2D eigenvalue weighted by molar-refractivity contribution is 0.253. The average molecular weight is 462 g/mol. The van der Waals surface area contributed by atoms with Gasteiger partial charge in [0.1, 0.15) is 6.04 Å². The highest BCUT2D eigenvalue weighted by Crippen LogP contribution is 2.50. The van der Waals surface area contributed by atoms with Crippen LogP contribution in [0.25, 0.3) is 0 Å². The monoisotopic (exact) mass is 461 g/mol. The van der Waals surface area contributed by atoms with Crippen LogP contribution >= 0.6 is 27.7 Å². The molecule has 0 amide bonds. The molecule has 0 N–H and O–H groups in total. The lowest BCUT2D eigenvalue weighted by Gasteiger charge is -2.32. The maximum Gasteiger partial charge on any atom is 0.175 e. The third kappa shape index (κ3) is 3.39. The summed E-state index contributed by atoms with van der Waals surface area (Å²) in [5, 5.41) is 1.12. The van der Waals surface area contributed by atoms with Crippen LogP contribution in [-0.4, -0.2) is 40.6 Å². The minimum absolute atomic E-state index is 0.0346. The summed E-state index contributed by atoms with van der Waals surface area (Å²) in [4.78, 5) is 12.2. The van der Waals surface area contributed by atoms with Crippen LogP contribution < -0.4 is 9.47 Å². The van der Waals surface area contributed by atoms with E-state index in [0.717, 1.165) is 44.6 Å². The van der Waals surface area contributed by atoms with Gasteiger partial charge in [-0.05, 0) is 59.1 Å². The molecule has 5 nitrogen and oxygen atoms in total. The lowest BCUT2D eigenvalue weighted by atomic mass is 9.95. The normalized spacial score (nSPS) is 23.5. The first-order valence-electron chi connectivity index (χ1n) is 9.58. The van der Waals surface area contributed by atoms with Crippen LogP contribution in [-0.2, 0) is 0 Å². The van der Waals surface area contributed by atoms with Gasteiger partial charge >= 0.3 is 0 Å². The van der Waals surface area contributed by atoms with E-state index in [-0.39, 0.29) is 12.1 Å². The number of pyridine rings is 1. The fraction of sp³-hybridized carbons (Fsp3) is 0.429. The highest BCUT2D eigenvalue weighted by Gasteiger charge is 2.45. The number of ether oxygens (including phenoxy) is 2. The van der Waals surface area contributed by atoms with Crippen molar-refractivity contribution in [2.24, 2.45) is 4.99 Å². The van der Waals surface area contributed by atoms with Gasteiger partial charge in [-0.3, -0.25) is 9.98 Å². The number of benzene rings is 1. The molecular formula is C21H24BrN3O2S. The number of amidine groups is 1. The number of nitrogens with zero attached hydrogens (tertiary/aromatic N) is 3. The summed E-state index contributed by atoms with van der Waals surface area (Å²) in [6.45, 7) is 4.80. The molecule has 0 spiro atoms. The van der Waals surface area contributed by atoms with Crippen molar-refractivity contribution < 1.29 is 9.47 Å². The van der Waals surface area contributed by atoms with E-state index in [1.54, 1.807) is 7.11 Å². The number of fused-ring (bicyclic) bond motifs is 1. The van der Waals surface area contributed by atoms with Gasteiger partial charge in [0.05, 0.1) is 29.9 Å². The molecule has 2 aromatic rings. The summed E-state index contributed by atoms with van der Waals surface area (Å²) in [6, 6.07) is 10.8. The van der Waals surface area contributed by atoms with Crippen LogP contribution in [0.15, 0.2) is 46.0 Å². The number of halogens is 1. The number of aromatic nitrogens is 1. The van der Waals surface area contributed by atoms with Crippen LogP contribution in [0, 0.1) is 0 Å². The Morgan fingerprint density at radius 3 is 2.82 bits per heavy atom. The van der Waals surface area contributed by atoms with Crippen LogP contribution in [0.1, 0.15) is 43.6 Å². The molecule has 2 aliphatic rings. The summed E-state index contributed by atoms with van der Waals surface area (Å²) in [5.74, 6) is 2.56. The average Bonchev–Trinajstić information content (AvgIpc) is 3.29. The van der Waals surface area contributed by atoms with Crippen molar-refractivity contribution in [2.45, 2.75) is 38.4 Å². The van der Waals surface area contributed by atoms with E-state index >= 15 is 0 Å². The third-order valence-electron chi connectivity index (χ3n) is 5.21. The van der Waals surface area contributed by atoms with Gasteiger partial charge in [-0.2, -0.15) is 0 Å². The molecule has 0 aliphatic carbocycles. The van der Waals surface area contributed by atoms with Gasteiger partial charge in [0.2, 0.25) is 0 Å². The SMILES string of the molecule is CCOc1c(Br)cc(C2C(c3ccccn3)N=C3SCC(CC)N32)cc1OC. The second-order valence-electron chi connectivity index (χ2n) is 6.80. The maximum absolute atomic E-state index is 5.79. The summed E-state index contributed by atoms with van der Waals surface area (Å²) in [6.07, 6.45) is 2.93. The summed E-state index contributed by atoms with van der Waals surface area (Å²) in [7, 11) is 1.68. The number of rotatable bonds is 6. The zero-order valence-corrected chi connectivity index (χ0v) is 18.7. The van der Waals surface area contributed by atoms with E-state index in [9.17, 15) is 0 Å². The van der Waals surface area contributed by atoms with Gasteiger partial charge in [-0.25, -0.2) is 0 Å². The highest BCUT2D eigenvalue weighted by atomic mass is 79.9. The Morgan fingerprint density at radius 1 is 1.29 bits per heavy atom. The van der Waals surface area contributed by atoms with Crippen molar-refractivity contribution in [1.82, 2.24) is 9.88 Å². The van der Waals surface area contributed by atoms with Crippen molar-refractivity contribution in [2.75, 3.05) is 19.5 Å². The second kappa shape index (κ2) is 8.33. The van der Waals surface area contributed by atoms with Crippen LogP contribution in [0.3, 0.4) is 0 Å². The maximum atomic E-state index is 5.79. The quantitative estimate of drug-likeness (QED) is 0.588. The van der Waals surface area contributed by atoms with Crippen LogP contribution in [0.5, 0.6) is 11.5 Å². The Hall–Kier alpha value is -1.73. The first-order chi connectivity index (χ1) is 13.7. The van der Waals surface area contributed by atoms with Gasteiger partial charge in [0.25, 0.3) is 0 Å². The molecule has 3 heterocycles. The third-order valence-corrected chi connectivity index (χ3v) is 6.93. The van der Waals surface area contributed by atoms with E-state index in [0.29, 0.717) is 12.6 Å². The number of aliphatic imine (C=N–C) groups is 1. The molecule has 1 aromatic heterocycles. The molecule has 1 fully saturated rings. The summed E-state index contributed by atoms with van der Waals surface area (Å²) in [5.41, 5.74) is 2.15. The first-order valence-corrected chi connectivity index (χ1v) is 11.4. The van der Waals surface area contributed by atoms with E-state index in [2.05, 4.69) is 50.9 Å². The molecule has 7 heteroatoms. The molecule has 1 aromatic carbocycles. The predicted molar refractivity (Wildman–Crippen MR) is 117 cm³/mol. The molecule has 3 unspecified atom stereocenters. The molecule has 0 radical (unpaired) electrons. The van der Waals surface area contributed by atoms with E-state index in [1.807, 2.05) is 37.0 Å². The van der Waals surface area contributed by atoms with Crippen LogP contribution in [0.2, 0.25) is 0 Å². The molecule has 3 atom stereocenters. The van der Waals surface area contributed by atoms with E-state index in [4.69, 9.17) is 14.5 Å². The molecule has 4 rings (SSSR count). The van der Waals surface area contributed by atoms with Crippen molar-refractivity contribution in [3.05, 3.63) is 52.3 Å². The topological polar surface area (TPSA) is 47.0 Å². The van der Waals surface area contributed by atoms with Crippen LogP contribution in [0.4, 0.5) is 0 Å². The molecule has 0 saturated carbocycles. The van der Waals surface area contributed by atoms with Crippen molar-refractivity contribution in [1.29, 1.82) is 0 Å². The van der Waals surface area contributed by atoms with E-state index in [1.165, 1.54) is 0 Å². The number of hydrogen-bond acceptors (Lipinski definition) is 6. The Kier molecular flexibility index (Phi) is 5.83. The number of methoxy groups -OCH3 is 1. The second-order valence-corrected chi connectivity index (χ2v) is 8.64. The predicted octanol–water partition coefficient (Wildman–Crippen LogP) is 5.23. The lowest BCUT2D eigenvalue weighted by Crippen LogP contribution is -2.35. The largest absolute Gasteiger partial charge is 0.493 e. The van der Waals surface area contributed by atoms with Crippen molar-refractivity contribution in [3.63, 3.8) is 0 Å². The minimum Gasteiger partial charge on any atom is -0.493 e. The Balaban J connectivity index is 1.81. The molecule has 148 valence electrons. The Bertz CT molecular complexity index is 877. The Labute approximate surface area is 178 Å². The summed E-state index contributed by atoms with van der Waals surface area (Å²) < 4.78 is 12.3.